The molecule has 3 aliphatic carbocycles. The van der Waals surface area contributed by atoms with E-state index in [9.17, 15) is 9.90 Å². The first-order valence-electron chi connectivity index (χ1n) is 9.16. The first kappa shape index (κ1) is 17.2. The van der Waals surface area contributed by atoms with E-state index < -0.39 is 5.60 Å². The summed E-state index contributed by atoms with van der Waals surface area (Å²) in [5, 5.41) is 10.9. The highest BCUT2D eigenvalue weighted by molar-refractivity contribution is 5.70. The first-order chi connectivity index (χ1) is 10.3. The van der Waals surface area contributed by atoms with E-state index in [0.717, 1.165) is 12.8 Å². The molecule has 0 amide bonds. The zero-order valence-corrected chi connectivity index (χ0v) is 14.7. The van der Waals surface area contributed by atoms with Gasteiger partial charge in [-0.25, -0.2) is 0 Å². The molecule has 0 aromatic rings. The molecule has 3 N–H and O–H groups in total. The van der Waals surface area contributed by atoms with Gasteiger partial charge in [0.25, 0.3) is 0 Å². The monoisotopic (exact) mass is 324 g/mol. The summed E-state index contributed by atoms with van der Waals surface area (Å²) in [6.45, 7) is 7.38. The Balaban J connectivity index is 0.00000156. The van der Waals surface area contributed by atoms with Crippen LogP contribution in [-0.2, 0) is 9.53 Å². The first-order valence-corrected chi connectivity index (χ1v) is 9.16. The molecule has 4 heteroatoms. The maximum absolute atomic E-state index is 11.7. The molecule has 0 radical (unpaired) electrons. The van der Waals surface area contributed by atoms with Crippen molar-refractivity contribution in [3.8, 4) is 0 Å². The number of aliphatic hydroxyl groups is 1. The zero-order chi connectivity index (χ0) is 15.8. The summed E-state index contributed by atoms with van der Waals surface area (Å²) in [6, 6.07) is 0. The van der Waals surface area contributed by atoms with Crippen LogP contribution in [0.5, 0.6) is 0 Å². The lowest BCUT2D eigenvalue weighted by molar-refractivity contribution is -0.186. The summed E-state index contributed by atoms with van der Waals surface area (Å²) in [7, 11) is 0. The predicted octanol–water partition coefficient (Wildman–Crippen LogP) is 2.72. The molecule has 4 nitrogen and oxygen atoms in total. The third-order valence-corrected chi connectivity index (χ3v) is 8.58. The van der Waals surface area contributed by atoms with Gasteiger partial charge in [0.15, 0.2) is 0 Å². The van der Waals surface area contributed by atoms with Crippen molar-refractivity contribution >= 4 is 5.97 Å². The quantitative estimate of drug-likeness (QED) is 0.696. The van der Waals surface area contributed by atoms with Crippen molar-refractivity contribution < 1.29 is 20.1 Å². The van der Waals surface area contributed by atoms with Crippen LogP contribution in [0.2, 0.25) is 0 Å². The molecule has 0 aromatic carbocycles. The summed E-state index contributed by atoms with van der Waals surface area (Å²) in [5.41, 5.74) is -0.241. The lowest BCUT2D eigenvalue weighted by Gasteiger charge is -2.60. The highest BCUT2D eigenvalue weighted by Crippen LogP contribution is 2.67. The molecule has 4 rings (SSSR count). The lowest BCUT2D eigenvalue weighted by atomic mass is 9.46. The van der Waals surface area contributed by atoms with Crippen molar-refractivity contribution in [3.63, 3.8) is 0 Å². The van der Waals surface area contributed by atoms with E-state index >= 15 is 0 Å². The third kappa shape index (κ3) is 2.13. The van der Waals surface area contributed by atoms with Crippen LogP contribution in [0, 0.1) is 34.5 Å². The molecule has 1 saturated heterocycles. The van der Waals surface area contributed by atoms with Crippen LogP contribution < -0.4 is 0 Å². The minimum atomic E-state index is -0.501. The summed E-state index contributed by atoms with van der Waals surface area (Å²) >= 11 is 0. The van der Waals surface area contributed by atoms with Crippen LogP contribution >= 0.6 is 0 Å². The highest BCUT2D eigenvalue weighted by atomic mass is 16.5. The maximum Gasteiger partial charge on any atom is 0.306 e. The number of fused-ring (bicyclic) bond motifs is 5. The molecule has 0 aromatic heterocycles. The van der Waals surface area contributed by atoms with E-state index in [2.05, 4.69) is 20.8 Å². The molecule has 1 aliphatic heterocycles. The topological polar surface area (TPSA) is 78.0 Å². The lowest BCUT2D eigenvalue weighted by Crippen LogP contribution is -2.57. The van der Waals surface area contributed by atoms with Crippen molar-refractivity contribution in [1.82, 2.24) is 0 Å². The fourth-order valence-corrected chi connectivity index (χ4v) is 6.83. The van der Waals surface area contributed by atoms with Crippen molar-refractivity contribution in [1.29, 1.82) is 0 Å². The number of hydrogen-bond donors (Lipinski definition) is 1. The van der Waals surface area contributed by atoms with E-state index in [1.807, 2.05) is 0 Å². The van der Waals surface area contributed by atoms with Crippen LogP contribution in [0.3, 0.4) is 0 Å². The zero-order valence-electron chi connectivity index (χ0n) is 14.7. The molecule has 132 valence electrons. The molecule has 4 aliphatic rings. The van der Waals surface area contributed by atoms with Gasteiger partial charge in [-0.1, -0.05) is 13.8 Å². The molecule has 4 fully saturated rings. The number of carbonyl (C=O) groups is 1. The van der Waals surface area contributed by atoms with Crippen molar-refractivity contribution in [3.05, 3.63) is 0 Å². The Morgan fingerprint density at radius 1 is 1.04 bits per heavy atom. The fraction of sp³-hybridized carbons (Fsp3) is 0.947. The number of cyclic esters (lactones) is 1. The summed E-state index contributed by atoms with van der Waals surface area (Å²) < 4.78 is 5.49. The number of ether oxygens (including phenoxy) is 1. The third-order valence-electron chi connectivity index (χ3n) is 8.58. The van der Waals surface area contributed by atoms with Gasteiger partial charge in [-0.2, -0.15) is 0 Å². The Morgan fingerprint density at radius 3 is 2.48 bits per heavy atom. The van der Waals surface area contributed by atoms with Crippen LogP contribution in [0.1, 0.15) is 65.7 Å². The molecule has 23 heavy (non-hydrogen) atoms. The van der Waals surface area contributed by atoms with E-state index in [1.54, 1.807) is 0 Å². The van der Waals surface area contributed by atoms with Gasteiger partial charge in [0.05, 0.1) is 12.2 Å². The van der Waals surface area contributed by atoms with Crippen molar-refractivity contribution in [2.24, 2.45) is 34.5 Å². The van der Waals surface area contributed by atoms with Crippen LogP contribution in [0.25, 0.3) is 0 Å². The molecule has 3 saturated carbocycles. The molecule has 1 heterocycles. The molecule has 0 unspecified atom stereocenters. The Labute approximate surface area is 139 Å². The minimum absolute atomic E-state index is 0. The number of hydrogen-bond acceptors (Lipinski definition) is 3. The Kier molecular flexibility index (Phi) is 3.89. The maximum atomic E-state index is 11.7. The van der Waals surface area contributed by atoms with E-state index in [-0.39, 0.29) is 22.3 Å². The van der Waals surface area contributed by atoms with E-state index in [1.165, 1.54) is 25.7 Å². The van der Waals surface area contributed by atoms with Gasteiger partial charge in [0, 0.05) is 11.8 Å². The average Bonchev–Trinajstić information content (AvgIpc) is 2.70. The van der Waals surface area contributed by atoms with Gasteiger partial charge >= 0.3 is 5.97 Å². The summed E-state index contributed by atoms with van der Waals surface area (Å²) in [6.07, 6.45) is 7.48. The van der Waals surface area contributed by atoms with Gasteiger partial charge < -0.3 is 15.3 Å². The molecular weight excluding hydrogens is 292 g/mol. The summed E-state index contributed by atoms with van der Waals surface area (Å²) in [5.74, 6) is 2.56. The van der Waals surface area contributed by atoms with Gasteiger partial charge in [-0.3, -0.25) is 4.79 Å². The van der Waals surface area contributed by atoms with E-state index in [0.29, 0.717) is 36.7 Å². The summed E-state index contributed by atoms with van der Waals surface area (Å²) in [4.78, 5) is 11.7. The molecule has 0 spiro atoms. The second-order valence-electron chi connectivity index (χ2n) is 9.29. The fourth-order valence-electron chi connectivity index (χ4n) is 6.83. The van der Waals surface area contributed by atoms with Gasteiger partial charge in [0.1, 0.15) is 0 Å². The largest absolute Gasteiger partial charge is 0.465 e. The number of carbonyl (C=O) groups excluding carboxylic acids is 1. The molecular formula is C19H32O4. The number of rotatable bonds is 0. The van der Waals surface area contributed by atoms with Gasteiger partial charge in [-0.05, 0) is 74.5 Å². The Morgan fingerprint density at radius 2 is 1.74 bits per heavy atom. The molecule has 7 atom stereocenters. The van der Waals surface area contributed by atoms with Crippen molar-refractivity contribution in [2.45, 2.75) is 71.3 Å². The normalized spacial score (nSPS) is 55.0. The average molecular weight is 324 g/mol. The minimum Gasteiger partial charge on any atom is -0.465 e. The van der Waals surface area contributed by atoms with Gasteiger partial charge in [-0.15, -0.1) is 0 Å². The Hall–Kier alpha value is -0.610. The van der Waals surface area contributed by atoms with Crippen LogP contribution in [0.15, 0.2) is 0 Å². The van der Waals surface area contributed by atoms with Crippen LogP contribution in [0.4, 0.5) is 0 Å². The highest BCUT2D eigenvalue weighted by Gasteiger charge is 2.63. The van der Waals surface area contributed by atoms with E-state index in [4.69, 9.17) is 4.74 Å². The number of esters is 1. The Bertz CT molecular complexity index is 502. The second kappa shape index (κ2) is 5.19. The van der Waals surface area contributed by atoms with Gasteiger partial charge in [0.2, 0.25) is 0 Å². The second-order valence-corrected chi connectivity index (χ2v) is 9.29. The molecule has 0 bridgehead atoms. The SMILES string of the molecule is C[C@]12COC(=O)C[C@@H]1CC[C@@H]1[C@@H]2CC[C@@]2(C)[C@H]1CC[C@]2(C)O.O. The standard InChI is InChI=1S/C19H30O3.H2O/c1-17-11-22-16(20)10-12(17)4-5-13-14(17)6-8-18(2)15(13)7-9-19(18,3)21;/h12-15,21H,4-11H2,1-3H3;1H2/t12-,13+,14-,15-,17-,18-,19-;/m0./s1. The smallest absolute Gasteiger partial charge is 0.306 e. The van der Waals surface area contributed by atoms with Crippen molar-refractivity contribution in [2.75, 3.05) is 6.61 Å². The van der Waals surface area contributed by atoms with Crippen LogP contribution in [-0.4, -0.2) is 28.8 Å². The predicted molar refractivity (Wildman–Crippen MR) is 87.7 cm³/mol.